The maximum Gasteiger partial charge on any atom is 0.416 e. The van der Waals surface area contributed by atoms with E-state index in [1.54, 1.807) is 20.3 Å². The number of ether oxygens (including phenoxy) is 2. The van der Waals surface area contributed by atoms with Gasteiger partial charge in [-0.05, 0) is 60.7 Å². The van der Waals surface area contributed by atoms with Gasteiger partial charge in [0.25, 0.3) is 0 Å². The summed E-state index contributed by atoms with van der Waals surface area (Å²) >= 11 is 0. The molecule has 0 unspecified atom stereocenters. The van der Waals surface area contributed by atoms with E-state index < -0.39 is 23.5 Å². The van der Waals surface area contributed by atoms with Crippen LogP contribution >= 0.6 is 0 Å². The molecule has 6 N–H and O–H groups in total. The molecular formula is C30H28F6N6O2. The van der Waals surface area contributed by atoms with Gasteiger partial charge in [-0.1, -0.05) is 24.3 Å². The molecule has 4 aromatic rings. The maximum absolute atomic E-state index is 12.6. The van der Waals surface area contributed by atoms with E-state index in [9.17, 15) is 26.3 Å². The lowest BCUT2D eigenvalue weighted by Crippen LogP contribution is -2.22. The van der Waals surface area contributed by atoms with Crippen LogP contribution in [0.25, 0.3) is 0 Å². The van der Waals surface area contributed by atoms with Crippen LogP contribution < -0.4 is 31.6 Å². The van der Waals surface area contributed by atoms with E-state index in [1.807, 2.05) is 42.5 Å². The van der Waals surface area contributed by atoms with Crippen LogP contribution in [0.15, 0.2) is 107 Å². The highest BCUT2D eigenvalue weighted by Gasteiger charge is 2.31. The smallest absolute Gasteiger partial charge is 0.416 e. The molecule has 4 rings (SSSR count). The van der Waals surface area contributed by atoms with Crippen molar-refractivity contribution in [2.24, 2.45) is 21.5 Å². The minimum atomic E-state index is -4.53. The summed E-state index contributed by atoms with van der Waals surface area (Å²) in [6.07, 6.45) is -9.06. The SMILES string of the molecule is COc1cccc(N=C(N)Nc2cccc(OC)c2)c1.NC(=Nc1cccc(C(F)(F)F)c1)Nc1cccc(C(F)(F)F)c1. The summed E-state index contributed by atoms with van der Waals surface area (Å²) in [5.74, 6) is 1.45. The normalized spacial score (nSPS) is 12.1. The number of nitrogens with zero attached hydrogens (tertiary/aromatic N) is 2. The van der Waals surface area contributed by atoms with Crippen molar-refractivity contribution in [3.05, 3.63) is 108 Å². The summed E-state index contributed by atoms with van der Waals surface area (Å²) in [5.41, 5.74) is 11.1. The standard InChI is InChI=1S/C15H11F6N3.C15H17N3O2/c16-14(17,18)9-3-1-5-11(7-9)23-13(22)24-12-6-2-4-10(8-12)15(19,20)21;1-19-13-7-3-5-11(9-13)17-15(16)18-12-6-4-8-14(10-12)20-2/h1-8H,(H3,22,23,24);3-10H,1-2H3,(H3,16,17,18). The molecule has 4 aromatic carbocycles. The molecular weight excluding hydrogens is 590 g/mol. The predicted molar refractivity (Wildman–Crippen MR) is 159 cm³/mol. The van der Waals surface area contributed by atoms with Gasteiger partial charge in [-0.15, -0.1) is 0 Å². The predicted octanol–water partition coefficient (Wildman–Crippen LogP) is 7.54. The van der Waals surface area contributed by atoms with Crippen LogP contribution in [0, 0.1) is 0 Å². The number of halogens is 6. The van der Waals surface area contributed by atoms with Gasteiger partial charge in [-0.25, -0.2) is 9.98 Å². The first-order chi connectivity index (χ1) is 20.8. The van der Waals surface area contributed by atoms with Gasteiger partial charge in [-0.3, -0.25) is 0 Å². The average Bonchev–Trinajstić information content (AvgIpc) is 2.97. The number of aliphatic imine (C=N–C) groups is 2. The molecule has 232 valence electrons. The Morgan fingerprint density at radius 3 is 1.50 bits per heavy atom. The first-order valence-corrected chi connectivity index (χ1v) is 12.6. The fourth-order valence-corrected chi connectivity index (χ4v) is 3.54. The average molecular weight is 619 g/mol. The topological polar surface area (TPSA) is 119 Å². The molecule has 0 aliphatic carbocycles. The number of rotatable bonds is 6. The van der Waals surface area contributed by atoms with Crippen molar-refractivity contribution in [2.75, 3.05) is 24.9 Å². The summed E-state index contributed by atoms with van der Waals surface area (Å²) in [6, 6.07) is 23.1. The first kappa shape index (κ1) is 33.1. The van der Waals surface area contributed by atoms with Gasteiger partial charge in [-0.2, -0.15) is 26.3 Å². The first-order valence-electron chi connectivity index (χ1n) is 12.6. The summed E-state index contributed by atoms with van der Waals surface area (Å²) in [5, 5.41) is 5.42. The van der Waals surface area contributed by atoms with Crippen molar-refractivity contribution in [2.45, 2.75) is 12.4 Å². The van der Waals surface area contributed by atoms with Crippen molar-refractivity contribution in [3.8, 4) is 11.5 Å². The van der Waals surface area contributed by atoms with E-state index in [-0.39, 0.29) is 17.3 Å². The van der Waals surface area contributed by atoms with E-state index in [0.29, 0.717) is 5.96 Å². The Balaban J connectivity index is 0.000000244. The number of benzene rings is 4. The zero-order valence-electron chi connectivity index (χ0n) is 23.4. The molecule has 0 bridgehead atoms. The second kappa shape index (κ2) is 14.7. The Morgan fingerprint density at radius 1 is 0.568 bits per heavy atom. The molecule has 0 atom stereocenters. The molecule has 8 nitrogen and oxygen atoms in total. The van der Waals surface area contributed by atoms with E-state index in [1.165, 1.54) is 18.2 Å². The van der Waals surface area contributed by atoms with Gasteiger partial charge in [0.1, 0.15) is 11.5 Å². The molecule has 0 heterocycles. The Bertz CT molecular complexity index is 1610. The van der Waals surface area contributed by atoms with Crippen molar-refractivity contribution in [3.63, 3.8) is 0 Å². The van der Waals surface area contributed by atoms with Crippen LogP contribution in [0.2, 0.25) is 0 Å². The Labute approximate surface area is 249 Å². The Kier molecular flexibility index (Phi) is 11.0. The Hall–Kier alpha value is -5.40. The van der Waals surface area contributed by atoms with Gasteiger partial charge in [0, 0.05) is 23.5 Å². The van der Waals surface area contributed by atoms with Gasteiger partial charge >= 0.3 is 12.4 Å². The third-order valence-corrected chi connectivity index (χ3v) is 5.53. The van der Waals surface area contributed by atoms with Crippen molar-refractivity contribution in [1.82, 2.24) is 0 Å². The van der Waals surface area contributed by atoms with Crippen LogP contribution in [0.3, 0.4) is 0 Å². The monoisotopic (exact) mass is 618 g/mol. The minimum Gasteiger partial charge on any atom is -0.497 e. The molecule has 0 amide bonds. The van der Waals surface area contributed by atoms with Gasteiger partial charge in [0.2, 0.25) is 0 Å². The second-order valence-corrected chi connectivity index (χ2v) is 8.80. The maximum atomic E-state index is 12.6. The van der Waals surface area contributed by atoms with E-state index in [0.717, 1.165) is 53.2 Å². The quantitative estimate of drug-likeness (QED) is 0.101. The lowest BCUT2D eigenvalue weighted by Gasteiger charge is -2.10. The van der Waals surface area contributed by atoms with E-state index >= 15 is 0 Å². The number of nitrogens with two attached hydrogens (primary N) is 2. The fourth-order valence-electron chi connectivity index (χ4n) is 3.54. The molecule has 0 aliphatic heterocycles. The molecule has 0 spiro atoms. The third kappa shape index (κ3) is 10.5. The second-order valence-electron chi connectivity index (χ2n) is 8.80. The van der Waals surface area contributed by atoms with Gasteiger partial charge in [0.05, 0.1) is 36.7 Å². The Morgan fingerprint density at radius 2 is 0.977 bits per heavy atom. The molecule has 0 saturated carbocycles. The summed E-state index contributed by atoms with van der Waals surface area (Å²) in [4.78, 5) is 8.00. The van der Waals surface area contributed by atoms with E-state index in [2.05, 4.69) is 20.6 Å². The zero-order chi connectivity index (χ0) is 32.3. The molecule has 44 heavy (non-hydrogen) atoms. The van der Waals surface area contributed by atoms with Crippen molar-refractivity contribution >= 4 is 34.7 Å². The molecule has 0 radical (unpaired) electrons. The van der Waals surface area contributed by atoms with Crippen LogP contribution in [0.4, 0.5) is 49.1 Å². The van der Waals surface area contributed by atoms with E-state index in [4.69, 9.17) is 20.9 Å². The highest BCUT2D eigenvalue weighted by atomic mass is 19.4. The number of hydrogen-bond donors (Lipinski definition) is 4. The fraction of sp³-hybridized carbons (Fsp3) is 0.133. The molecule has 14 heteroatoms. The number of guanidine groups is 2. The minimum absolute atomic E-state index is 0.0121. The lowest BCUT2D eigenvalue weighted by atomic mass is 10.2. The largest absolute Gasteiger partial charge is 0.497 e. The van der Waals surface area contributed by atoms with Crippen molar-refractivity contribution < 1.29 is 35.8 Å². The molecule has 0 fully saturated rings. The van der Waals surface area contributed by atoms with Crippen LogP contribution in [0.1, 0.15) is 11.1 Å². The highest BCUT2D eigenvalue weighted by Crippen LogP contribution is 2.32. The number of alkyl halides is 6. The molecule has 0 aliphatic rings. The third-order valence-electron chi connectivity index (χ3n) is 5.53. The zero-order valence-corrected chi connectivity index (χ0v) is 23.4. The van der Waals surface area contributed by atoms with Crippen molar-refractivity contribution in [1.29, 1.82) is 0 Å². The van der Waals surface area contributed by atoms with Crippen LogP contribution in [-0.4, -0.2) is 26.1 Å². The molecule has 0 aromatic heterocycles. The lowest BCUT2D eigenvalue weighted by molar-refractivity contribution is -0.138. The van der Waals surface area contributed by atoms with Gasteiger partial charge in [0.15, 0.2) is 11.9 Å². The highest BCUT2D eigenvalue weighted by molar-refractivity contribution is 5.94. The molecule has 0 saturated heterocycles. The number of hydrogen-bond acceptors (Lipinski definition) is 4. The number of nitrogens with one attached hydrogen (secondary N) is 2. The van der Waals surface area contributed by atoms with Crippen LogP contribution in [-0.2, 0) is 12.4 Å². The number of anilines is 2. The van der Waals surface area contributed by atoms with Crippen LogP contribution in [0.5, 0.6) is 11.5 Å². The number of methoxy groups -OCH3 is 2. The summed E-state index contributed by atoms with van der Waals surface area (Å²) < 4.78 is 85.9. The summed E-state index contributed by atoms with van der Waals surface area (Å²) in [7, 11) is 3.23. The summed E-state index contributed by atoms with van der Waals surface area (Å²) in [6.45, 7) is 0. The van der Waals surface area contributed by atoms with Gasteiger partial charge < -0.3 is 31.6 Å².